The first kappa shape index (κ1) is 23.5. The zero-order valence-electron chi connectivity index (χ0n) is 18.5. The van der Waals surface area contributed by atoms with E-state index in [0.717, 1.165) is 11.1 Å². The van der Waals surface area contributed by atoms with Gasteiger partial charge in [-0.15, -0.1) is 0 Å². The van der Waals surface area contributed by atoms with Crippen molar-refractivity contribution in [2.75, 3.05) is 6.54 Å². The summed E-state index contributed by atoms with van der Waals surface area (Å²) in [7, 11) is -4.13. The maximum atomic E-state index is 13.3. The second-order valence-electron chi connectivity index (χ2n) is 8.16. The number of carbonyl (C=O) groups excluding carboxylic acids is 3. The second-order valence-corrected chi connectivity index (χ2v) is 9.99. The van der Waals surface area contributed by atoms with Gasteiger partial charge in [-0.3, -0.25) is 14.4 Å². The molecule has 170 valence electrons. The summed E-state index contributed by atoms with van der Waals surface area (Å²) >= 11 is 0. The van der Waals surface area contributed by atoms with Crippen LogP contribution in [0.4, 0.5) is 0 Å². The van der Waals surface area contributed by atoms with Gasteiger partial charge in [0.1, 0.15) is 17.5 Å². The first-order chi connectivity index (χ1) is 15.0. The molecule has 3 amide bonds. The molecule has 1 atom stereocenters. The van der Waals surface area contributed by atoms with Crippen molar-refractivity contribution in [2.24, 2.45) is 0 Å². The summed E-state index contributed by atoms with van der Waals surface area (Å²) in [6.07, 6.45) is 0. The number of sulfonamides is 1. The van der Waals surface area contributed by atoms with Crippen LogP contribution in [-0.4, -0.2) is 54.0 Å². The van der Waals surface area contributed by atoms with E-state index < -0.39 is 34.4 Å². The van der Waals surface area contributed by atoms with Crippen LogP contribution in [0.5, 0.6) is 0 Å². The SMILES string of the molecule is Cc1ccc(CN(C(=O)CN2C(=O)c3ccccc3S2(=O)=O)[C@H](C)C(=O)NC(C)C)cc1. The van der Waals surface area contributed by atoms with E-state index >= 15 is 0 Å². The molecular weight excluding hydrogens is 430 g/mol. The maximum Gasteiger partial charge on any atom is 0.269 e. The van der Waals surface area contributed by atoms with Crippen molar-refractivity contribution in [3.63, 3.8) is 0 Å². The van der Waals surface area contributed by atoms with Crippen LogP contribution in [0.2, 0.25) is 0 Å². The van der Waals surface area contributed by atoms with Crippen LogP contribution < -0.4 is 5.32 Å². The molecule has 2 aromatic carbocycles. The normalized spacial score (nSPS) is 15.4. The molecule has 1 aliphatic heterocycles. The molecule has 8 nitrogen and oxygen atoms in total. The molecule has 0 fully saturated rings. The number of rotatable bonds is 7. The summed E-state index contributed by atoms with van der Waals surface area (Å²) in [5, 5.41) is 2.77. The van der Waals surface area contributed by atoms with E-state index in [9.17, 15) is 22.8 Å². The first-order valence-corrected chi connectivity index (χ1v) is 11.8. The highest BCUT2D eigenvalue weighted by Crippen LogP contribution is 2.30. The molecule has 0 aromatic heterocycles. The molecule has 9 heteroatoms. The number of aryl methyl sites for hydroxylation is 1. The number of amides is 3. The van der Waals surface area contributed by atoms with Crippen LogP contribution in [0.15, 0.2) is 53.4 Å². The van der Waals surface area contributed by atoms with E-state index in [2.05, 4.69) is 5.32 Å². The topological polar surface area (TPSA) is 104 Å². The van der Waals surface area contributed by atoms with E-state index in [-0.39, 0.29) is 29.0 Å². The highest BCUT2D eigenvalue weighted by Gasteiger charge is 2.43. The third-order valence-electron chi connectivity index (χ3n) is 5.26. The van der Waals surface area contributed by atoms with Crippen molar-refractivity contribution < 1.29 is 22.8 Å². The third-order valence-corrected chi connectivity index (χ3v) is 7.05. The minimum absolute atomic E-state index is 0.0379. The minimum atomic E-state index is -4.13. The van der Waals surface area contributed by atoms with Gasteiger partial charge in [0.2, 0.25) is 11.8 Å². The molecule has 0 bridgehead atoms. The Kier molecular flexibility index (Phi) is 6.68. The van der Waals surface area contributed by atoms with Crippen LogP contribution >= 0.6 is 0 Å². The van der Waals surface area contributed by atoms with Crippen LogP contribution in [0, 0.1) is 6.92 Å². The van der Waals surface area contributed by atoms with Gasteiger partial charge in [-0.05, 0) is 45.4 Å². The van der Waals surface area contributed by atoms with E-state index in [0.29, 0.717) is 4.31 Å². The smallest absolute Gasteiger partial charge is 0.269 e. The van der Waals surface area contributed by atoms with E-state index in [4.69, 9.17) is 0 Å². The number of carbonyl (C=O) groups is 3. The third kappa shape index (κ3) is 4.67. The lowest BCUT2D eigenvalue weighted by Crippen LogP contribution is -2.52. The largest absolute Gasteiger partial charge is 0.352 e. The Morgan fingerprint density at radius 1 is 1.03 bits per heavy atom. The average molecular weight is 458 g/mol. The zero-order chi connectivity index (χ0) is 23.6. The Morgan fingerprint density at radius 2 is 1.66 bits per heavy atom. The molecule has 0 radical (unpaired) electrons. The van der Waals surface area contributed by atoms with Gasteiger partial charge in [0, 0.05) is 12.6 Å². The molecule has 0 saturated carbocycles. The van der Waals surface area contributed by atoms with Gasteiger partial charge in [-0.25, -0.2) is 12.7 Å². The van der Waals surface area contributed by atoms with Gasteiger partial charge in [-0.1, -0.05) is 42.0 Å². The van der Waals surface area contributed by atoms with Crippen LogP contribution in [0.1, 0.15) is 42.3 Å². The summed E-state index contributed by atoms with van der Waals surface area (Å²) in [6.45, 7) is 6.56. The number of nitrogens with zero attached hydrogens (tertiary/aromatic N) is 2. The summed E-state index contributed by atoms with van der Waals surface area (Å²) < 4.78 is 26.3. The van der Waals surface area contributed by atoms with Crippen LogP contribution in [0.25, 0.3) is 0 Å². The zero-order valence-corrected chi connectivity index (χ0v) is 19.3. The van der Waals surface area contributed by atoms with Crippen molar-refractivity contribution in [3.05, 3.63) is 65.2 Å². The quantitative estimate of drug-likeness (QED) is 0.686. The van der Waals surface area contributed by atoms with E-state index in [1.54, 1.807) is 13.0 Å². The molecule has 1 N–H and O–H groups in total. The molecule has 3 rings (SSSR count). The Hall–Kier alpha value is -3.20. The van der Waals surface area contributed by atoms with Crippen molar-refractivity contribution >= 4 is 27.7 Å². The van der Waals surface area contributed by atoms with Crippen molar-refractivity contribution in [3.8, 4) is 0 Å². The summed E-state index contributed by atoms with van der Waals surface area (Å²) in [5.41, 5.74) is 1.87. The predicted octanol–water partition coefficient (Wildman–Crippen LogP) is 2.08. The average Bonchev–Trinajstić information content (AvgIpc) is 2.93. The molecule has 0 unspecified atom stereocenters. The highest BCUT2D eigenvalue weighted by atomic mass is 32.2. The molecule has 1 heterocycles. The second kappa shape index (κ2) is 9.12. The number of benzene rings is 2. The fraction of sp³-hybridized carbons (Fsp3) is 0.348. The first-order valence-electron chi connectivity index (χ1n) is 10.3. The minimum Gasteiger partial charge on any atom is -0.352 e. The van der Waals surface area contributed by atoms with Gasteiger partial charge in [0.25, 0.3) is 15.9 Å². The lowest BCUT2D eigenvalue weighted by atomic mass is 10.1. The molecule has 0 saturated heterocycles. The fourth-order valence-corrected chi connectivity index (χ4v) is 5.00. The van der Waals surface area contributed by atoms with Gasteiger partial charge in [0.05, 0.1) is 5.56 Å². The van der Waals surface area contributed by atoms with Crippen molar-refractivity contribution in [1.29, 1.82) is 0 Å². The lowest BCUT2D eigenvalue weighted by molar-refractivity contribution is -0.140. The lowest BCUT2D eigenvalue weighted by Gasteiger charge is -2.30. The molecular formula is C23H27N3O5S. The Morgan fingerprint density at radius 3 is 2.25 bits per heavy atom. The molecule has 32 heavy (non-hydrogen) atoms. The van der Waals surface area contributed by atoms with Crippen LogP contribution in [-0.2, 0) is 26.2 Å². The summed E-state index contributed by atoms with van der Waals surface area (Å²) in [6, 6.07) is 12.3. The van der Waals surface area contributed by atoms with E-state index in [1.807, 2.05) is 45.0 Å². The van der Waals surface area contributed by atoms with Crippen molar-refractivity contribution in [2.45, 2.75) is 51.2 Å². The summed E-state index contributed by atoms with van der Waals surface area (Å²) in [4.78, 5) is 39.8. The number of fused-ring (bicyclic) bond motifs is 1. The van der Waals surface area contributed by atoms with Crippen LogP contribution in [0.3, 0.4) is 0 Å². The molecule has 2 aromatic rings. The van der Waals surface area contributed by atoms with Gasteiger partial charge < -0.3 is 10.2 Å². The predicted molar refractivity (Wildman–Crippen MR) is 119 cm³/mol. The number of nitrogens with one attached hydrogen (secondary N) is 1. The monoisotopic (exact) mass is 457 g/mol. The number of hydrogen-bond acceptors (Lipinski definition) is 5. The van der Waals surface area contributed by atoms with Crippen molar-refractivity contribution in [1.82, 2.24) is 14.5 Å². The molecule has 0 spiro atoms. The van der Waals surface area contributed by atoms with Gasteiger partial charge in [-0.2, -0.15) is 0 Å². The summed E-state index contributed by atoms with van der Waals surface area (Å²) in [5.74, 6) is -1.75. The molecule has 1 aliphatic rings. The van der Waals surface area contributed by atoms with E-state index in [1.165, 1.54) is 23.1 Å². The Labute approximate surface area is 188 Å². The molecule has 0 aliphatic carbocycles. The highest BCUT2D eigenvalue weighted by molar-refractivity contribution is 7.90. The standard InChI is InChI=1S/C23H27N3O5S/c1-15(2)24-22(28)17(4)25(13-18-11-9-16(3)10-12-18)21(27)14-26-23(29)19-7-5-6-8-20(19)32(26,30)31/h5-12,15,17H,13-14H2,1-4H3,(H,24,28)/t17-/m1/s1. The number of hydrogen-bond donors (Lipinski definition) is 1. The van der Waals surface area contributed by atoms with Gasteiger partial charge >= 0.3 is 0 Å². The Bertz CT molecular complexity index is 1140. The fourth-order valence-electron chi connectivity index (χ4n) is 3.48. The maximum absolute atomic E-state index is 13.3. The van der Waals surface area contributed by atoms with Gasteiger partial charge in [0.15, 0.2) is 0 Å². The Balaban J connectivity index is 1.89.